The number of Topliss-reactive ketones (excluding diaryl/α,β-unsaturated/α-hetero) is 1. The molecule has 2 N–H and O–H groups in total. The van der Waals surface area contributed by atoms with E-state index in [-0.39, 0.29) is 65.9 Å². The van der Waals surface area contributed by atoms with E-state index in [1.54, 1.807) is 12.2 Å². The monoisotopic (exact) mass is 569 g/mol. The van der Waals surface area contributed by atoms with E-state index < -0.39 is 39.8 Å². The molecule has 0 bridgehead atoms. The lowest BCUT2D eigenvalue weighted by Crippen LogP contribution is -2.62. The van der Waals surface area contributed by atoms with Gasteiger partial charge in [-0.2, -0.15) is 0 Å². The van der Waals surface area contributed by atoms with Crippen molar-refractivity contribution in [3.8, 4) is 11.5 Å². The number of nitrogens with zero attached hydrogens (tertiary/aromatic N) is 1. The average Bonchev–Trinajstić information content (AvgIpc) is 3.19. The standard InChI is InChI=1S/C31H39NO9/c1-17-10-20-21-7-9-31(36,30(21,3)14-24(34)28(20)29(2)8-6-19(33)12-22(17)29)27(35)16-41-15-18-11-25(39-4)26(40-5)13-23(18)32(37)38/h6,8,11-13,17,20-21,24,28,34,36H,7,9-10,14-16H2,1-5H3/t17-,20-,21-,24-,28+,29-,30-,31-/m0/s1. The number of allylic oxidation sites excluding steroid dienone is 4. The Kier molecular flexibility index (Phi) is 7.41. The van der Waals surface area contributed by atoms with Gasteiger partial charge in [-0.1, -0.05) is 32.4 Å². The molecule has 0 saturated heterocycles. The maximum absolute atomic E-state index is 13.6. The molecular weight excluding hydrogens is 530 g/mol. The molecule has 0 unspecified atom stereocenters. The highest BCUT2D eigenvalue weighted by molar-refractivity contribution is 6.01. The minimum atomic E-state index is -1.70. The van der Waals surface area contributed by atoms with Gasteiger partial charge in [-0.3, -0.25) is 19.7 Å². The van der Waals surface area contributed by atoms with Gasteiger partial charge >= 0.3 is 0 Å². The molecule has 1 aromatic rings. The van der Waals surface area contributed by atoms with Crippen LogP contribution in [0.2, 0.25) is 0 Å². The summed E-state index contributed by atoms with van der Waals surface area (Å²) in [5.74, 6) is 0.0635. The number of carbonyl (C=O) groups excluding carboxylic acids is 2. The maximum atomic E-state index is 13.6. The normalized spacial score (nSPS) is 37.5. The maximum Gasteiger partial charge on any atom is 0.278 e. The van der Waals surface area contributed by atoms with E-state index >= 15 is 0 Å². The first-order valence-electron chi connectivity index (χ1n) is 14.2. The first kappa shape index (κ1) is 29.4. The lowest BCUT2D eigenvalue weighted by molar-refractivity contribution is -0.386. The van der Waals surface area contributed by atoms with Crippen molar-refractivity contribution in [3.63, 3.8) is 0 Å². The number of methoxy groups -OCH3 is 2. The van der Waals surface area contributed by atoms with Crippen LogP contribution in [0.5, 0.6) is 11.5 Å². The van der Waals surface area contributed by atoms with Gasteiger partial charge in [0.2, 0.25) is 0 Å². The van der Waals surface area contributed by atoms with E-state index in [9.17, 15) is 29.9 Å². The molecule has 10 heteroatoms. The summed E-state index contributed by atoms with van der Waals surface area (Å²) in [6.07, 6.45) is 6.40. The summed E-state index contributed by atoms with van der Waals surface area (Å²) in [5, 5.41) is 35.2. The molecule has 1 aromatic carbocycles. The fourth-order valence-corrected chi connectivity index (χ4v) is 8.78. The molecule has 0 aliphatic heterocycles. The topological polar surface area (TPSA) is 145 Å². The van der Waals surface area contributed by atoms with Gasteiger partial charge in [-0.15, -0.1) is 0 Å². The molecule has 4 aliphatic carbocycles. The largest absolute Gasteiger partial charge is 0.493 e. The predicted octanol–water partition coefficient (Wildman–Crippen LogP) is 3.95. The number of aliphatic hydroxyl groups excluding tert-OH is 1. The number of fused-ring (bicyclic) bond motifs is 5. The van der Waals surface area contributed by atoms with Crippen LogP contribution in [0.15, 0.2) is 35.9 Å². The zero-order valence-electron chi connectivity index (χ0n) is 24.2. The van der Waals surface area contributed by atoms with Crippen LogP contribution in [0.1, 0.15) is 52.0 Å². The van der Waals surface area contributed by atoms with Crippen LogP contribution in [0.25, 0.3) is 0 Å². The van der Waals surface area contributed by atoms with Crippen molar-refractivity contribution < 1.29 is 38.9 Å². The van der Waals surface area contributed by atoms with E-state index in [1.807, 2.05) is 13.0 Å². The SMILES string of the molecule is COc1cc(COCC(=O)[C@@]2(O)CC[C@H]3[C@@H]4C[C@H](C)C5=CC(=O)C=C[C@]5(C)[C@H]4[C@@H](O)C[C@@]32C)c([N+](=O)[O-])cc1OC. The molecule has 222 valence electrons. The average molecular weight is 570 g/mol. The molecule has 0 amide bonds. The summed E-state index contributed by atoms with van der Waals surface area (Å²) >= 11 is 0. The van der Waals surface area contributed by atoms with E-state index in [0.717, 1.165) is 12.0 Å². The third-order valence-electron chi connectivity index (χ3n) is 10.7. The first-order chi connectivity index (χ1) is 19.3. The summed E-state index contributed by atoms with van der Waals surface area (Å²) < 4.78 is 16.1. The van der Waals surface area contributed by atoms with Gasteiger partial charge in [0.15, 0.2) is 23.1 Å². The molecule has 0 heterocycles. The van der Waals surface area contributed by atoms with Crippen LogP contribution in [0, 0.1) is 44.6 Å². The van der Waals surface area contributed by atoms with Crippen LogP contribution >= 0.6 is 0 Å². The quantitative estimate of drug-likeness (QED) is 0.351. The third-order valence-corrected chi connectivity index (χ3v) is 10.7. The van der Waals surface area contributed by atoms with Gasteiger partial charge < -0.3 is 24.4 Å². The second kappa shape index (κ2) is 10.3. The summed E-state index contributed by atoms with van der Waals surface area (Å²) in [7, 11) is 2.80. The number of nitro benzene ring substituents is 1. The highest BCUT2D eigenvalue weighted by atomic mass is 16.6. The van der Waals surface area contributed by atoms with E-state index in [1.165, 1.54) is 26.4 Å². The van der Waals surface area contributed by atoms with Crippen molar-refractivity contribution in [2.24, 2.45) is 34.5 Å². The minimum absolute atomic E-state index is 0.00337. The third kappa shape index (κ3) is 4.42. The second-order valence-electron chi connectivity index (χ2n) is 12.6. The fourth-order valence-electron chi connectivity index (χ4n) is 8.78. The Morgan fingerprint density at radius 3 is 2.54 bits per heavy atom. The summed E-state index contributed by atoms with van der Waals surface area (Å²) in [6, 6.07) is 2.69. The van der Waals surface area contributed by atoms with Crippen molar-refractivity contribution in [1.29, 1.82) is 0 Å². The van der Waals surface area contributed by atoms with Gasteiger partial charge in [-0.05, 0) is 61.7 Å². The van der Waals surface area contributed by atoms with E-state index in [4.69, 9.17) is 14.2 Å². The second-order valence-corrected chi connectivity index (χ2v) is 12.6. The summed E-state index contributed by atoms with van der Waals surface area (Å²) in [6.45, 7) is 5.44. The summed E-state index contributed by atoms with van der Waals surface area (Å²) in [4.78, 5) is 36.9. The van der Waals surface area contributed by atoms with Crippen molar-refractivity contribution in [2.45, 2.75) is 64.8 Å². The Morgan fingerprint density at radius 2 is 1.88 bits per heavy atom. The lowest BCUT2D eigenvalue weighted by atomic mass is 9.45. The lowest BCUT2D eigenvalue weighted by Gasteiger charge is -2.60. The number of nitro groups is 1. The van der Waals surface area contributed by atoms with E-state index in [2.05, 4.69) is 13.8 Å². The Labute approximate surface area is 239 Å². The molecule has 10 nitrogen and oxygen atoms in total. The molecule has 3 fully saturated rings. The zero-order valence-corrected chi connectivity index (χ0v) is 24.2. The Morgan fingerprint density at radius 1 is 1.20 bits per heavy atom. The Hall–Kier alpha value is -3.08. The van der Waals surface area contributed by atoms with Crippen LogP contribution in [-0.4, -0.2) is 59.2 Å². The zero-order chi connectivity index (χ0) is 29.9. The molecule has 0 aromatic heterocycles. The Balaban J connectivity index is 1.35. The molecule has 0 radical (unpaired) electrons. The highest BCUT2D eigenvalue weighted by Crippen LogP contribution is 2.67. The van der Waals surface area contributed by atoms with Crippen molar-refractivity contribution in [1.82, 2.24) is 0 Å². The van der Waals surface area contributed by atoms with Gasteiger partial charge in [-0.25, -0.2) is 0 Å². The predicted molar refractivity (Wildman–Crippen MR) is 148 cm³/mol. The Bertz CT molecular complexity index is 1340. The molecule has 41 heavy (non-hydrogen) atoms. The molecule has 3 saturated carbocycles. The number of carbonyl (C=O) groups is 2. The van der Waals surface area contributed by atoms with Crippen LogP contribution in [0.4, 0.5) is 5.69 Å². The summed E-state index contributed by atoms with van der Waals surface area (Å²) in [5.41, 5.74) is -1.99. The van der Waals surface area contributed by atoms with Gasteiger partial charge in [0.05, 0.1) is 43.5 Å². The molecule has 8 atom stereocenters. The molecular formula is C31H39NO9. The number of aliphatic hydroxyl groups is 2. The van der Waals surface area contributed by atoms with Crippen LogP contribution < -0.4 is 9.47 Å². The van der Waals surface area contributed by atoms with Crippen molar-refractivity contribution in [2.75, 3.05) is 20.8 Å². The van der Waals surface area contributed by atoms with Gasteiger partial charge in [0.25, 0.3) is 5.69 Å². The minimum Gasteiger partial charge on any atom is -0.493 e. The number of ether oxygens (including phenoxy) is 3. The number of hydrogen-bond acceptors (Lipinski definition) is 9. The molecule has 5 rings (SSSR count). The van der Waals surface area contributed by atoms with Gasteiger partial charge in [0, 0.05) is 16.7 Å². The van der Waals surface area contributed by atoms with Gasteiger partial charge in [0.1, 0.15) is 12.2 Å². The number of hydrogen-bond donors (Lipinski definition) is 2. The smallest absolute Gasteiger partial charge is 0.278 e. The van der Waals surface area contributed by atoms with Crippen LogP contribution in [0.3, 0.4) is 0 Å². The van der Waals surface area contributed by atoms with Crippen molar-refractivity contribution in [3.05, 3.63) is 51.6 Å². The van der Waals surface area contributed by atoms with Crippen LogP contribution in [-0.2, 0) is 20.9 Å². The van der Waals surface area contributed by atoms with Crippen molar-refractivity contribution >= 4 is 17.3 Å². The number of rotatable bonds is 8. The fraction of sp³-hybridized carbons (Fsp3) is 0.613. The number of benzene rings is 1. The molecule has 0 spiro atoms. The molecule has 4 aliphatic rings. The van der Waals surface area contributed by atoms with E-state index in [0.29, 0.717) is 12.2 Å². The number of ketones is 2. The first-order valence-corrected chi connectivity index (χ1v) is 14.2. The highest BCUT2D eigenvalue weighted by Gasteiger charge is 2.68.